The third kappa shape index (κ3) is 1.78. The van der Waals surface area contributed by atoms with Crippen LogP contribution in [-0.4, -0.2) is 4.37 Å². The molecule has 0 aliphatic rings. The topological polar surface area (TPSA) is 36.7 Å². The van der Waals surface area contributed by atoms with Gasteiger partial charge in [0.05, 0.1) is 16.3 Å². The van der Waals surface area contributed by atoms with Crippen LogP contribution in [0, 0.1) is 11.3 Å². The van der Waals surface area contributed by atoms with Crippen molar-refractivity contribution in [1.29, 1.82) is 5.26 Å². The summed E-state index contributed by atoms with van der Waals surface area (Å²) in [5.41, 5.74) is 2.81. The Morgan fingerprint density at radius 1 is 1.11 bits per heavy atom. The minimum Gasteiger partial charge on any atom is -0.200 e. The molecule has 0 spiro atoms. The average Bonchev–Trinajstić information content (AvgIpc) is 2.87. The molecule has 3 aromatic rings. The number of hydrogen-bond donors (Lipinski definition) is 1. The molecule has 0 atom stereocenters. The lowest BCUT2D eigenvalue weighted by molar-refractivity contribution is 1.47. The van der Waals surface area contributed by atoms with Crippen LogP contribution in [-0.2, 0) is 0 Å². The van der Waals surface area contributed by atoms with Gasteiger partial charge < -0.3 is 0 Å². The number of fused-ring (bicyclic) bond motifs is 1. The van der Waals surface area contributed by atoms with Gasteiger partial charge >= 0.3 is 0 Å². The van der Waals surface area contributed by atoms with Crippen molar-refractivity contribution >= 4 is 34.2 Å². The first-order valence-corrected chi connectivity index (χ1v) is 6.58. The van der Waals surface area contributed by atoms with Crippen LogP contribution in [0.3, 0.4) is 0 Å². The SMILES string of the molecule is N#Cc1ccc(-c2c(S)ccc3cnsc23)cc1. The number of thiol groups is 1. The van der Waals surface area contributed by atoms with Crippen LogP contribution >= 0.6 is 24.2 Å². The molecule has 0 aliphatic carbocycles. The molecule has 18 heavy (non-hydrogen) atoms. The summed E-state index contributed by atoms with van der Waals surface area (Å²) in [6.45, 7) is 0. The standard InChI is InChI=1S/C14H8N2S2/c15-7-9-1-3-10(4-2-9)13-12(17)6-5-11-8-16-18-14(11)13/h1-6,8,17H. The number of aromatic nitrogens is 1. The van der Waals surface area contributed by atoms with Crippen LogP contribution in [0.15, 0.2) is 47.5 Å². The smallest absolute Gasteiger partial charge is 0.0991 e. The molecule has 0 bridgehead atoms. The van der Waals surface area contributed by atoms with Crippen molar-refractivity contribution in [1.82, 2.24) is 4.37 Å². The van der Waals surface area contributed by atoms with Crippen molar-refractivity contribution in [2.75, 3.05) is 0 Å². The Bertz CT molecular complexity index is 752. The van der Waals surface area contributed by atoms with Crippen LogP contribution in [0.1, 0.15) is 5.56 Å². The first kappa shape index (κ1) is 11.3. The number of benzene rings is 2. The fourth-order valence-electron chi connectivity index (χ4n) is 1.91. The Morgan fingerprint density at radius 2 is 1.89 bits per heavy atom. The lowest BCUT2D eigenvalue weighted by Gasteiger charge is -2.06. The van der Waals surface area contributed by atoms with E-state index in [0.29, 0.717) is 5.56 Å². The summed E-state index contributed by atoms with van der Waals surface area (Å²) in [5, 5.41) is 9.94. The molecule has 3 rings (SSSR count). The van der Waals surface area contributed by atoms with Gasteiger partial charge in [-0.05, 0) is 35.3 Å². The lowest BCUT2D eigenvalue weighted by atomic mass is 10.0. The van der Waals surface area contributed by atoms with Gasteiger partial charge in [-0.1, -0.05) is 18.2 Å². The predicted molar refractivity (Wildman–Crippen MR) is 77.0 cm³/mol. The van der Waals surface area contributed by atoms with Crippen LogP contribution in [0.5, 0.6) is 0 Å². The zero-order valence-electron chi connectivity index (χ0n) is 9.29. The maximum atomic E-state index is 8.82. The Balaban J connectivity index is 2.27. The molecule has 0 saturated heterocycles. The van der Waals surface area contributed by atoms with E-state index >= 15 is 0 Å². The highest BCUT2D eigenvalue weighted by Crippen LogP contribution is 2.36. The van der Waals surface area contributed by atoms with E-state index in [4.69, 9.17) is 5.26 Å². The molecule has 0 unspecified atom stereocenters. The van der Waals surface area contributed by atoms with Gasteiger partial charge in [-0.2, -0.15) is 9.64 Å². The van der Waals surface area contributed by atoms with Gasteiger partial charge in [0.2, 0.25) is 0 Å². The minimum atomic E-state index is 0.663. The summed E-state index contributed by atoms with van der Waals surface area (Å²) in [6, 6.07) is 13.7. The van der Waals surface area contributed by atoms with Gasteiger partial charge in [0.15, 0.2) is 0 Å². The third-order valence-electron chi connectivity index (χ3n) is 2.80. The van der Waals surface area contributed by atoms with Gasteiger partial charge in [0.25, 0.3) is 0 Å². The van der Waals surface area contributed by atoms with E-state index < -0.39 is 0 Å². The zero-order valence-corrected chi connectivity index (χ0v) is 11.0. The summed E-state index contributed by atoms with van der Waals surface area (Å²) >= 11 is 5.99. The van der Waals surface area contributed by atoms with E-state index in [0.717, 1.165) is 26.1 Å². The summed E-state index contributed by atoms with van der Waals surface area (Å²) < 4.78 is 5.35. The van der Waals surface area contributed by atoms with Gasteiger partial charge in [0.1, 0.15) is 0 Å². The number of nitriles is 1. The molecule has 1 aromatic heterocycles. The quantitative estimate of drug-likeness (QED) is 0.674. The van der Waals surface area contributed by atoms with E-state index in [1.165, 1.54) is 11.5 Å². The molecule has 0 amide bonds. The second-order valence-electron chi connectivity index (χ2n) is 3.89. The first-order valence-electron chi connectivity index (χ1n) is 5.36. The Hall–Kier alpha value is -1.83. The molecular formula is C14H8N2S2. The molecule has 0 aliphatic heterocycles. The van der Waals surface area contributed by atoms with Crippen LogP contribution in [0.4, 0.5) is 0 Å². The highest BCUT2D eigenvalue weighted by Gasteiger charge is 2.09. The molecular weight excluding hydrogens is 260 g/mol. The number of rotatable bonds is 1. The van der Waals surface area contributed by atoms with Crippen molar-refractivity contribution < 1.29 is 0 Å². The van der Waals surface area contributed by atoms with Gasteiger partial charge in [-0.25, -0.2) is 0 Å². The fraction of sp³-hybridized carbons (Fsp3) is 0. The van der Waals surface area contributed by atoms with E-state index in [1.54, 1.807) is 0 Å². The van der Waals surface area contributed by atoms with Crippen molar-refractivity contribution in [3.63, 3.8) is 0 Å². The molecule has 2 nitrogen and oxygen atoms in total. The second kappa shape index (κ2) is 4.45. The van der Waals surface area contributed by atoms with Crippen molar-refractivity contribution in [3.05, 3.63) is 48.2 Å². The third-order valence-corrected chi connectivity index (χ3v) is 4.01. The van der Waals surface area contributed by atoms with E-state index in [2.05, 4.69) is 23.1 Å². The van der Waals surface area contributed by atoms with Crippen LogP contribution in [0.2, 0.25) is 0 Å². The highest BCUT2D eigenvalue weighted by molar-refractivity contribution is 7.80. The molecule has 0 saturated carbocycles. The van der Waals surface area contributed by atoms with E-state index in [-0.39, 0.29) is 0 Å². The fourth-order valence-corrected chi connectivity index (χ4v) is 3.12. The first-order chi connectivity index (χ1) is 8.79. The molecule has 2 aromatic carbocycles. The average molecular weight is 268 g/mol. The molecule has 4 heteroatoms. The van der Waals surface area contributed by atoms with E-state index in [9.17, 15) is 0 Å². The second-order valence-corrected chi connectivity index (χ2v) is 5.18. The van der Waals surface area contributed by atoms with Crippen molar-refractivity contribution in [2.24, 2.45) is 0 Å². The molecule has 86 valence electrons. The lowest BCUT2D eigenvalue weighted by Crippen LogP contribution is -1.82. The number of nitrogens with zero attached hydrogens (tertiary/aromatic N) is 2. The van der Waals surface area contributed by atoms with Crippen molar-refractivity contribution in [3.8, 4) is 17.2 Å². The maximum absolute atomic E-state index is 8.82. The summed E-state index contributed by atoms with van der Waals surface area (Å²) in [5.74, 6) is 0. The van der Waals surface area contributed by atoms with Gasteiger partial charge in [-0.15, -0.1) is 12.6 Å². The molecule has 1 heterocycles. The number of hydrogen-bond acceptors (Lipinski definition) is 4. The summed E-state index contributed by atoms with van der Waals surface area (Å²) in [4.78, 5) is 0.927. The van der Waals surface area contributed by atoms with E-state index in [1.807, 2.05) is 42.6 Å². The summed E-state index contributed by atoms with van der Waals surface area (Å²) in [6.07, 6.45) is 1.86. The van der Waals surface area contributed by atoms with Gasteiger partial charge in [-0.3, -0.25) is 0 Å². The Kier molecular flexibility index (Phi) is 2.78. The molecule has 0 radical (unpaired) electrons. The van der Waals surface area contributed by atoms with Crippen LogP contribution < -0.4 is 0 Å². The Morgan fingerprint density at radius 3 is 2.61 bits per heavy atom. The monoisotopic (exact) mass is 268 g/mol. The Labute approximate surface area is 114 Å². The van der Waals surface area contributed by atoms with Crippen molar-refractivity contribution in [2.45, 2.75) is 4.90 Å². The van der Waals surface area contributed by atoms with Crippen LogP contribution in [0.25, 0.3) is 21.2 Å². The molecule has 0 fully saturated rings. The minimum absolute atomic E-state index is 0.663. The predicted octanol–water partition coefficient (Wildman–Crippen LogP) is 4.12. The maximum Gasteiger partial charge on any atom is 0.0991 e. The normalized spacial score (nSPS) is 10.4. The highest BCUT2D eigenvalue weighted by atomic mass is 32.1. The molecule has 0 N–H and O–H groups in total. The summed E-state index contributed by atoms with van der Waals surface area (Å²) in [7, 11) is 0. The largest absolute Gasteiger partial charge is 0.200 e. The zero-order chi connectivity index (χ0) is 12.5. The van der Waals surface area contributed by atoms with Gasteiger partial charge in [0, 0.05) is 22.0 Å².